The molecule has 0 spiro atoms. The van der Waals surface area contributed by atoms with Crippen molar-refractivity contribution in [3.8, 4) is 0 Å². The van der Waals surface area contributed by atoms with Crippen molar-refractivity contribution < 1.29 is 0 Å². The summed E-state index contributed by atoms with van der Waals surface area (Å²) in [6.07, 6.45) is 1.87. The van der Waals surface area contributed by atoms with Crippen LogP contribution in [0.5, 0.6) is 0 Å². The van der Waals surface area contributed by atoms with Gasteiger partial charge in [-0.25, -0.2) is 0 Å². The number of rotatable bonds is 2. The zero-order chi connectivity index (χ0) is 13.2. The molecule has 0 aliphatic heterocycles. The monoisotopic (exact) mass is 360 g/mol. The number of nitrogens with zero attached hydrogens (tertiary/aromatic N) is 1. The number of pyridine rings is 1. The Morgan fingerprint density at radius 2 is 1.79 bits per heavy atom. The molecule has 3 heteroatoms. The second-order valence-electron chi connectivity index (χ2n) is 4.49. The molecule has 0 aliphatic rings. The Labute approximate surface area is 125 Å². The summed E-state index contributed by atoms with van der Waals surface area (Å²) in [6, 6.07) is 18.3. The van der Waals surface area contributed by atoms with Crippen molar-refractivity contribution in [3.63, 3.8) is 0 Å². The Balaban J connectivity index is 2.04. The van der Waals surface area contributed by atoms with E-state index in [1.54, 1.807) is 0 Å². The Hall–Kier alpha value is -1.46. The molecule has 0 bridgehead atoms. The average Bonchev–Trinajstić information content (AvgIpc) is 2.46. The van der Waals surface area contributed by atoms with Crippen molar-refractivity contribution in [2.45, 2.75) is 6.04 Å². The molecule has 0 aliphatic carbocycles. The predicted molar refractivity (Wildman–Crippen MR) is 86.9 cm³/mol. The average molecular weight is 360 g/mol. The van der Waals surface area contributed by atoms with E-state index in [1.165, 1.54) is 3.57 Å². The second kappa shape index (κ2) is 5.27. The lowest BCUT2D eigenvalue weighted by molar-refractivity contribution is 0.866. The number of hydrogen-bond acceptors (Lipinski definition) is 2. The molecule has 2 N–H and O–H groups in total. The summed E-state index contributed by atoms with van der Waals surface area (Å²) in [5.74, 6) is 0. The van der Waals surface area contributed by atoms with Crippen molar-refractivity contribution in [1.82, 2.24) is 4.98 Å². The third-order valence-electron chi connectivity index (χ3n) is 3.18. The van der Waals surface area contributed by atoms with E-state index in [4.69, 9.17) is 5.73 Å². The van der Waals surface area contributed by atoms with Crippen LogP contribution in [-0.2, 0) is 0 Å². The molecule has 1 heterocycles. The zero-order valence-corrected chi connectivity index (χ0v) is 12.4. The van der Waals surface area contributed by atoms with Gasteiger partial charge in [0.1, 0.15) is 0 Å². The first-order chi connectivity index (χ1) is 9.24. The Bertz CT molecular complexity index is 725. The van der Waals surface area contributed by atoms with Gasteiger partial charge in [0.25, 0.3) is 0 Å². The first kappa shape index (κ1) is 12.6. The molecule has 0 saturated heterocycles. The fraction of sp³-hybridized carbons (Fsp3) is 0.0625. The minimum Gasteiger partial charge on any atom is -0.320 e. The Morgan fingerprint density at radius 1 is 0.947 bits per heavy atom. The van der Waals surface area contributed by atoms with Crippen LogP contribution in [0.15, 0.2) is 60.8 Å². The standard InChI is InChI=1S/C16H13IN2/c17-14-6-3-5-12(9-14)16(18)13-8-11-4-1-2-7-15(11)19-10-13/h1-10,16H,18H2. The summed E-state index contributed by atoms with van der Waals surface area (Å²) >= 11 is 2.30. The summed E-state index contributed by atoms with van der Waals surface area (Å²) in [7, 11) is 0. The van der Waals surface area contributed by atoms with Crippen LogP contribution in [0.2, 0.25) is 0 Å². The number of hydrogen-bond donors (Lipinski definition) is 1. The van der Waals surface area contributed by atoms with Crippen LogP contribution in [0, 0.1) is 3.57 Å². The molecule has 2 nitrogen and oxygen atoms in total. The lowest BCUT2D eigenvalue weighted by Crippen LogP contribution is -2.12. The zero-order valence-electron chi connectivity index (χ0n) is 10.3. The fourth-order valence-electron chi connectivity index (χ4n) is 2.15. The maximum atomic E-state index is 6.33. The molecule has 0 fully saturated rings. The highest BCUT2D eigenvalue weighted by molar-refractivity contribution is 14.1. The first-order valence-corrected chi connectivity index (χ1v) is 7.17. The molecule has 0 radical (unpaired) electrons. The van der Waals surface area contributed by atoms with Crippen molar-refractivity contribution in [1.29, 1.82) is 0 Å². The van der Waals surface area contributed by atoms with Gasteiger partial charge in [-0.1, -0.05) is 30.3 Å². The summed E-state index contributed by atoms with van der Waals surface area (Å²) in [6.45, 7) is 0. The van der Waals surface area contributed by atoms with E-state index in [1.807, 2.05) is 30.5 Å². The van der Waals surface area contributed by atoms with E-state index < -0.39 is 0 Å². The van der Waals surface area contributed by atoms with Crippen LogP contribution in [0.4, 0.5) is 0 Å². The maximum Gasteiger partial charge on any atom is 0.0702 e. The minimum absolute atomic E-state index is 0.133. The molecule has 3 rings (SSSR count). The van der Waals surface area contributed by atoms with Crippen molar-refractivity contribution in [3.05, 3.63) is 75.5 Å². The summed E-state index contributed by atoms with van der Waals surface area (Å²) in [5.41, 5.74) is 9.49. The van der Waals surface area contributed by atoms with Gasteiger partial charge in [-0.15, -0.1) is 0 Å². The third kappa shape index (κ3) is 2.62. The number of aromatic nitrogens is 1. The molecular formula is C16H13IN2. The van der Waals surface area contributed by atoms with Crippen LogP contribution >= 0.6 is 22.6 Å². The molecule has 19 heavy (non-hydrogen) atoms. The summed E-state index contributed by atoms with van der Waals surface area (Å²) in [5, 5.41) is 1.13. The van der Waals surface area contributed by atoms with Crippen LogP contribution < -0.4 is 5.73 Å². The van der Waals surface area contributed by atoms with Gasteiger partial charge in [0.15, 0.2) is 0 Å². The predicted octanol–water partition coefficient (Wildman–Crippen LogP) is 3.89. The van der Waals surface area contributed by atoms with E-state index in [-0.39, 0.29) is 6.04 Å². The van der Waals surface area contributed by atoms with Gasteiger partial charge in [-0.3, -0.25) is 4.98 Å². The molecular weight excluding hydrogens is 347 g/mol. The normalized spacial score (nSPS) is 12.5. The third-order valence-corrected chi connectivity index (χ3v) is 3.85. The van der Waals surface area contributed by atoms with Gasteiger partial charge in [0.05, 0.1) is 11.6 Å². The molecule has 3 aromatic rings. The van der Waals surface area contributed by atoms with E-state index in [0.717, 1.165) is 22.0 Å². The molecule has 94 valence electrons. The van der Waals surface area contributed by atoms with Crippen molar-refractivity contribution in [2.75, 3.05) is 0 Å². The molecule has 1 atom stereocenters. The van der Waals surface area contributed by atoms with Gasteiger partial charge in [-0.05, 0) is 58.0 Å². The minimum atomic E-state index is -0.133. The first-order valence-electron chi connectivity index (χ1n) is 6.10. The number of nitrogens with two attached hydrogens (primary N) is 1. The van der Waals surface area contributed by atoms with Crippen LogP contribution in [0.3, 0.4) is 0 Å². The van der Waals surface area contributed by atoms with E-state index in [0.29, 0.717) is 0 Å². The van der Waals surface area contributed by atoms with Gasteiger partial charge >= 0.3 is 0 Å². The van der Waals surface area contributed by atoms with Gasteiger partial charge in [-0.2, -0.15) is 0 Å². The smallest absolute Gasteiger partial charge is 0.0702 e. The number of para-hydroxylation sites is 1. The molecule has 0 saturated carbocycles. The van der Waals surface area contributed by atoms with Gasteiger partial charge < -0.3 is 5.73 Å². The highest BCUT2D eigenvalue weighted by atomic mass is 127. The summed E-state index contributed by atoms with van der Waals surface area (Å²) in [4.78, 5) is 4.47. The SMILES string of the molecule is NC(c1cccc(I)c1)c1cnc2ccccc2c1. The largest absolute Gasteiger partial charge is 0.320 e. The number of halogens is 1. The highest BCUT2D eigenvalue weighted by Crippen LogP contribution is 2.23. The summed E-state index contributed by atoms with van der Waals surface area (Å²) < 4.78 is 1.19. The molecule has 1 aromatic heterocycles. The van der Waals surface area contributed by atoms with Crippen LogP contribution in [0.25, 0.3) is 10.9 Å². The fourth-order valence-corrected chi connectivity index (χ4v) is 2.72. The molecule has 1 unspecified atom stereocenters. The second-order valence-corrected chi connectivity index (χ2v) is 5.74. The lowest BCUT2D eigenvalue weighted by atomic mass is 10.00. The topological polar surface area (TPSA) is 38.9 Å². The van der Waals surface area contributed by atoms with E-state index in [2.05, 4.69) is 57.9 Å². The van der Waals surface area contributed by atoms with Crippen molar-refractivity contribution >= 4 is 33.5 Å². The Morgan fingerprint density at radius 3 is 2.63 bits per heavy atom. The number of fused-ring (bicyclic) bond motifs is 1. The van der Waals surface area contributed by atoms with Crippen LogP contribution in [0.1, 0.15) is 17.2 Å². The van der Waals surface area contributed by atoms with Crippen molar-refractivity contribution in [2.24, 2.45) is 5.73 Å². The van der Waals surface area contributed by atoms with E-state index in [9.17, 15) is 0 Å². The molecule has 2 aromatic carbocycles. The van der Waals surface area contributed by atoms with E-state index >= 15 is 0 Å². The Kier molecular flexibility index (Phi) is 3.48. The maximum absolute atomic E-state index is 6.33. The molecule has 0 amide bonds. The van der Waals surface area contributed by atoms with Crippen LogP contribution in [-0.4, -0.2) is 4.98 Å². The van der Waals surface area contributed by atoms with Gasteiger partial charge in [0.2, 0.25) is 0 Å². The van der Waals surface area contributed by atoms with Gasteiger partial charge in [0, 0.05) is 15.2 Å². The number of benzene rings is 2. The quantitative estimate of drug-likeness (QED) is 0.705. The lowest BCUT2D eigenvalue weighted by Gasteiger charge is -2.13. The highest BCUT2D eigenvalue weighted by Gasteiger charge is 2.10.